The zero-order valence-corrected chi connectivity index (χ0v) is 13.9. The Morgan fingerprint density at radius 1 is 1.36 bits per heavy atom. The maximum absolute atomic E-state index is 12.2. The fourth-order valence-corrected chi connectivity index (χ4v) is 3.20. The molecule has 1 aromatic carbocycles. The van der Waals surface area contributed by atoms with E-state index < -0.39 is 6.10 Å². The molecule has 0 unspecified atom stereocenters. The fraction of sp³-hybridized carbons (Fsp3) is 0.611. The topological polar surface area (TPSA) is 47.6 Å². The molecule has 4 nitrogen and oxygen atoms in total. The van der Waals surface area contributed by atoms with E-state index in [1.54, 1.807) is 6.92 Å². The SMILES string of the molecule is CCO[C@H](C)C(=O)NCC1(c2ccccc2C)CCOCC1. The van der Waals surface area contributed by atoms with Crippen molar-refractivity contribution in [2.45, 2.75) is 45.1 Å². The van der Waals surface area contributed by atoms with Gasteiger partial charge in [0.1, 0.15) is 6.10 Å². The molecule has 0 aromatic heterocycles. The van der Waals surface area contributed by atoms with Crippen molar-refractivity contribution in [3.05, 3.63) is 35.4 Å². The highest BCUT2D eigenvalue weighted by Crippen LogP contribution is 2.36. The summed E-state index contributed by atoms with van der Waals surface area (Å²) in [5.41, 5.74) is 2.56. The molecule has 1 saturated heterocycles. The van der Waals surface area contributed by atoms with Gasteiger partial charge in [-0.25, -0.2) is 0 Å². The van der Waals surface area contributed by atoms with Crippen molar-refractivity contribution in [3.63, 3.8) is 0 Å². The van der Waals surface area contributed by atoms with Gasteiger partial charge in [0.2, 0.25) is 5.91 Å². The molecule has 1 aliphatic rings. The van der Waals surface area contributed by atoms with Crippen LogP contribution in [-0.2, 0) is 19.7 Å². The fourth-order valence-electron chi connectivity index (χ4n) is 3.20. The molecule has 1 atom stereocenters. The molecule has 4 heteroatoms. The van der Waals surface area contributed by atoms with Crippen LogP contribution in [0.5, 0.6) is 0 Å². The van der Waals surface area contributed by atoms with Crippen LogP contribution in [0.3, 0.4) is 0 Å². The highest BCUT2D eigenvalue weighted by atomic mass is 16.5. The molecule has 1 amide bonds. The van der Waals surface area contributed by atoms with Crippen LogP contribution >= 0.6 is 0 Å². The van der Waals surface area contributed by atoms with Gasteiger partial charge in [0.05, 0.1) is 0 Å². The van der Waals surface area contributed by atoms with Crippen LogP contribution in [0.4, 0.5) is 0 Å². The average Bonchev–Trinajstić information content (AvgIpc) is 2.54. The number of rotatable bonds is 6. The molecule has 1 heterocycles. The van der Waals surface area contributed by atoms with E-state index in [1.165, 1.54) is 11.1 Å². The molecule has 0 saturated carbocycles. The molecule has 0 radical (unpaired) electrons. The van der Waals surface area contributed by atoms with Crippen LogP contribution in [0.25, 0.3) is 0 Å². The summed E-state index contributed by atoms with van der Waals surface area (Å²) in [6.07, 6.45) is 1.46. The lowest BCUT2D eigenvalue weighted by molar-refractivity contribution is -0.131. The molecule has 122 valence electrons. The Bertz CT molecular complexity index is 495. The Morgan fingerprint density at radius 2 is 2.05 bits per heavy atom. The van der Waals surface area contributed by atoms with Gasteiger partial charge in [0, 0.05) is 31.8 Å². The Balaban J connectivity index is 2.13. The number of ether oxygens (including phenoxy) is 2. The molecule has 0 aliphatic carbocycles. The van der Waals surface area contributed by atoms with Gasteiger partial charge in [-0.05, 0) is 44.7 Å². The normalized spacial score (nSPS) is 18.7. The first-order valence-electron chi connectivity index (χ1n) is 8.12. The molecule has 2 rings (SSSR count). The summed E-state index contributed by atoms with van der Waals surface area (Å²) in [6.45, 7) is 8.50. The monoisotopic (exact) mass is 305 g/mol. The average molecular weight is 305 g/mol. The van der Waals surface area contributed by atoms with Crippen LogP contribution in [0.2, 0.25) is 0 Å². The van der Waals surface area contributed by atoms with Crippen LogP contribution < -0.4 is 5.32 Å². The molecular formula is C18H27NO3. The maximum atomic E-state index is 12.2. The van der Waals surface area contributed by atoms with Gasteiger partial charge < -0.3 is 14.8 Å². The van der Waals surface area contributed by atoms with Gasteiger partial charge in [0.15, 0.2) is 0 Å². The molecule has 1 fully saturated rings. The molecular weight excluding hydrogens is 278 g/mol. The smallest absolute Gasteiger partial charge is 0.248 e. The number of hydrogen-bond acceptors (Lipinski definition) is 3. The van der Waals surface area contributed by atoms with Crippen molar-refractivity contribution < 1.29 is 14.3 Å². The third-order valence-corrected chi connectivity index (χ3v) is 4.55. The lowest BCUT2D eigenvalue weighted by Crippen LogP contribution is -2.47. The first kappa shape index (κ1) is 17.0. The molecule has 0 spiro atoms. The standard InChI is InChI=1S/C18H27NO3/c1-4-22-15(3)17(20)19-13-18(9-11-21-12-10-18)16-8-6-5-7-14(16)2/h5-8,15H,4,9-13H2,1-3H3,(H,19,20)/t15-/m1/s1. The van der Waals surface area contributed by atoms with E-state index in [-0.39, 0.29) is 11.3 Å². The summed E-state index contributed by atoms with van der Waals surface area (Å²) < 4.78 is 10.9. The quantitative estimate of drug-likeness (QED) is 0.879. The van der Waals surface area contributed by atoms with Crippen LogP contribution in [0.15, 0.2) is 24.3 Å². The number of carbonyl (C=O) groups is 1. The third kappa shape index (κ3) is 3.87. The van der Waals surface area contributed by atoms with E-state index in [4.69, 9.17) is 9.47 Å². The van der Waals surface area contributed by atoms with Crippen LogP contribution in [-0.4, -0.2) is 38.4 Å². The van der Waals surface area contributed by atoms with Crippen molar-refractivity contribution in [2.24, 2.45) is 0 Å². The van der Waals surface area contributed by atoms with E-state index >= 15 is 0 Å². The van der Waals surface area contributed by atoms with Gasteiger partial charge >= 0.3 is 0 Å². The lowest BCUT2D eigenvalue weighted by atomic mass is 9.72. The summed E-state index contributed by atoms with van der Waals surface area (Å²) in [5.74, 6) is -0.0405. The number of nitrogens with one attached hydrogen (secondary N) is 1. The van der Waals surface area contributed by atoms with Crippen molar-refractivity contribution in [2.75, 3.05) is 26.4 Å². The van der Waals surface area contributed by atoms with Crippen molar-refractivity contribution >= 4 is 5.91 Å². The van der Waals surface area contributed by atoms with E-state index in [9.17, 15) is 4.79 Å². The highest BCUT2D eigenvalue weighted by Gasteiger charge is 2.36. The molecule has 1 aromatic rings. The minimum atomic E-state index is -0.404. The molecule has 1 aliphatic heterocycles. The maximum Gasteiger partial charge on any atom is 0.248 e. The van der Waals surface area contributed by atoms with Gasteiger partial charge in [0.25, 0.3) is 0 Å². The van der Waals surface area contributed by atoms with E-state index in [2.05, 4.69) is 36.5 Å². The minimum Gasteiger partial charge on any atom is -0.381 e. The van der Waals surface area contributed by atoms with Gasteiger partial charge in [-0.3, -0.25) is 4.79 Å². The largest absolute Gasteiger partial charge is 0.381 e. The number of amides is 1. The van der Waals surface area contributed by atoms with Gasteiger partial charge in [-0.2, -0.15) is 0 Å². The first-order chi connectivity index (χ1) is 10.6. The minimum absolute atomic E-state index is 0.0365. The molecule has 22 heavy (non-hydrogen) atoms. The van der Waals surface area contributed by atoms with Crippen molar-refractivity contribution in [1.29, 1.82) is 0 Å². The Labute approximate surface area is 133 Å². The zero-order chi connectivity index (χ0) is 16.0. The predicted octanol–water partition coefficient (Wildman–Crippen LogP) is 2.58. The Kier molecular flexibility index (Phi) is 5.98. The highest BCUT2D eigenvalue weighted by molar-refractivity contribution is 5.80. The Morgan fingerprint density at radius 3 is 2.68 bits per heavy atom. The predicted molar refractivity (Wildman–Crippen MR) is 87.0 cm³/mol. The number of benzene rings is 1. The van der Waals surface area contributed by atoms with E-state index in [0.717, 1.165) is 26.1 Å². The third-order valence-electron chi connectivity index (χ3n) is 4.55. The zero-order valence-electron chi connectivity index (χ0n) is 13.9. The first-order valence-corrected chi connectivity index (χ1v) is 8.12. The van der Waals surface area contributed by atoms with Gasteiger partial charge in [-0.1, -0.05) is 24.3 Å². The summed E-state index contributed by atoms with van der Waals surface area (Å²) in [5, 5.41) is 3.08. The van der Waals surface area contributed by atoms with Crippen molar-refractivity contribution in [1.82, 2.24) is 5.32 Å². The molecule has 0 bridgehead atoms. The number of carbonyl (C=O) groups excluding carboxylic acids is 1. The van der Waals surface area contributed by atoms with Crippen LogP contribution in [0.1, 0.15) is 37.8 Å². The number of aryl methyl sites for hydroxylation is 1. The van der Waals surface area contributed by atoms with E-state index in [1.807, 2.05) is 6.92 Å². The summed E-state index contributed by atoms with van der Waals surface area (Å²) in [4.78, 5) is 12.2. The second kappa shape index (κ2) is 7.75. The van der Waals surface area contributed by atoms with Crippen molar-refractivity contribution in [3.8, 4) is 0 Å². The second-order valence-electron chi connectivity index (χ2n) is 6.02. The summed E-state index contributed by atoms with van der Waals surface area (Å²) >= 11 is 0. The lowest BCUT2D eigenvalue weighted by Gasteiger charge is -2.39. The summed E-state index contributed by atoms with van der Waals surface area (Å²) in [6, 6.07) is 8.45. The Hall–Kier alpha value is -1.39. The van der Waals surface area contributed by atoms with Crippen LogP contribution in [0, 0.1) is 6.92 Å². The molecule has 1 N–H and O–H groups in total. The van der Waals surface area contributed by atoms with Gasteiger partial charge in [-0.15, -0.1) is 0 Å². The van der Waals surface area contributed by atoms with E-state index in [0.29, 0.717) is 13.2 Å². The second-order valence-corrected chi connectivity index (χ2v) is 6.02. The summed E-state index contributed by atoms with van der Waals surface area (Å²) in [7, 11) is 0. The number of hydrogen-bond donors (Lipinski definition) is 1.